The van der Waals surface area contributed by atoms with Crippen LogP contribution in [-0.2, 0) is 12.8 Å². The lowest BCUT2D eigenvalue weighted by Crippen LogP contribution is -2.38. The van der Waals surface area contributed by atoms with E-state index in [-0.39, 0.29) is 12.1 Å². The first kappa shape index (κ1) is 23.9. The quantitative estimate of drug-likeness (QED) is 0.253. The number of hydrogen-bond donors (Lipinski definition) is 1. The van der Waals surface area contributed by atoms with E-state index in [0.29, 0.717) is 0 Å². The molecule has 4 aromatic carbocycles. The summed E-state index contributed by atoms with van der Waals surface area (Å²) in [5.74, 6) is 0. The standard InChI is InChI=1S/C32H36N2/c33-31(29-21-9-3-10-22-29)32(30-23-11-4-12-24-30)34(25-13-19-27-15-5-1-6-16-27)26-14-20-28-17-7-2-8-18-28/h1-12,15-18,21-24,31-32H,13-14,19-20,25-26,33H2/t31-,32-/m1/s1. The Morgan fingerprint density at radius 2 is 0.882 bits per heavy atom. The van der Waals surface area contributed by atoms with E-state index in [0.717, 1.165) is 38.8 Å². The molecule has 0 spiro atoms. The van der Waals surface area contributed by atoms with E-state index in [1.807, 2.05) is 0 Å². The van der Waals surface area contributed by atoms with Crippen LogP contribution in [-0.4, -0.2) is 18.0 Å². The fourth-order valence-corrected chi connectivity index (χ4v) is 4.80. The minimum atomic E-state index is -0.0861. The molecule has 2 atom stereocenters. The SMILES string of the molecule is N[C@H](c1ccccc1)[C@@H](c1ccccc1)N(CCCc1ccccc1)CCCc1ccccc1. The van der Waals surface area contributed by atoms with Crippen LogP contribution in [0, 0.1) is 0 Å². The van der Waals surface area contributed by atoms with Crippen molar-refractivity contribution >= 4 is 0 Å². The molecule has 2 nitrogen and oxygen atoms in total. The Hall–Kier alpha value is -3.20. The van der Waals surface area contributed by atoms with Crippen LogP contribution in [0.25, 0.3) is 0 Å². The maximum absolute atomic E-state index is 7.00. The van der Waals surface area contributed by atoms with Crippen LogP contribution in [0.2, 0.25) is 0 Å². The van der Waals surface area contributed by atoms with Gasteiger partial charge in [0.2, 0.25) is 0 Å². The summed E-state index contributed by atoms with van der Waals surface area (Å²) in [4.78, 5) is 2.62. The summed E-state index contributed by atoms with van der Waals surface area (Å²) < 4.78 is 0. The molecule has 174 valence electrons. The molecule has 0 fully saturated rings. The number of benzene rings is 4. The van der Waals surface area contributed by atoms with Crippen molar-refractivity contribution in [2.75, 3.05) is 13.1 Å². The van der Waals surface area contributed by atoms with E-state index in [9.17, 15) is 0 Å². The van der Waals surface area contributed by atoms with Gasteiger partial charge in [0.15, 0.2) is 0 Å². The molecule has 0 radical (unpaired) electrons. The summed E-state index contributed by atoms with van der Waals surface area (Å²) in [6.45, 7) is 2.04. The second kappa shape index (κ2) is 12.9. The monoisotopic (exact) mass is 448 g/mol. The molecule has 2 N–H and O–H groups in total. The number of rotatable bonds is 12. The first-order chi connectivity index (χ1) is 16.8. The van der Waals surface area contributed by atoms with E-state index < -0.39 is 0 Å². The zero-order chi connectivity index (χ0) is 23.4. The number of aryl methyl sites for hydroxylation is 2. The molecule has 0 aliphatic rings. The summed E-state index contributed by atoms with van der Waals surface area (Å²) in [5.41, 5.74) is 12.3. The van der Waals surface area contributed by atoms with E-state index in [1.54, 1.807) is 0 Å². The highest BCUT2D eigenvalue weighted by Gasteiger charge is 2.27. The van der Waals surface area contributed by atoms with Crippen LogP contribution >= 0.6 is 0 Å². The summed E-state index contributed by atoms with van der Waals surface area (Å²) in [5, 5.41) is 0. The molecular formula is C32H36N2. The van der Waals surface area contributed by atoms with Gasteiger partial charge in [-0.1, -0.05) is 121 Å². The zero-order valence-electron chi connectivity index (χ0n) is 20.0. The molecule has 34 heavy (non-hydrogen) atoms. The lowest BCUT2D eigenvalue weighted by Gasteiger charge is -2.36. The van der Waals surface area contributed by atoms with Crippen LogP contribution in [0.15, 0.2) is 121 Å². The molecule has 0 unspecified atom stereocenters. The summed E-state index contributed by atoms with van der Waals surface area (Å²) in [6.07, 6.45) is 4.39. The Balaban J connectivity index is 1.54. The molecule has 4 rings (SSSR count). The van der Waals surface area contributed by atoms with Crippen molar-refractivity contribution in [2.24, 2.45) is 5.73 Å². The number of nitrogens with zero attached hydrogens (tertiary/aromatic N) is 1. The third kappa shape index (κ3) is 6.90. The minimum Gasteiger partial charge on any atom is -0.322 e. The van der Waals surface area contributed by atoms with E-state index in [1.165, 1.54) is 22.3 Å². The van der Waals surface area contributed by atoms with Crippen molar-refractivity contribution in [3.63, 3.8) is 0 Å². The molecule has 0 saturated carbocycles. The molecule has 0 aromatic heterocycles. The van der Waals surface area contributed by atoms with Crippen molar-refractivity contribution in [3.05, 3.63) is 144 Å². The van der Waals surface area contributed by atoms with E-state index >= 15 is 0 Å². The van der Waals surface area contributed by atoms with Crippen molar-refractivity contribution < 1.29 is 0 Å². The maximum atomic E-state index is 7.00. The van der Waals surface area contributed by atoms with Crippen LogP contribution in [0.5, 0.6) is 0 Å². The highest BCUT2D eigenvalue weighted by atomic mass is 15.2. The third-order valence-electron chi connectivity index (χ3n) is 6.57. The molecule has 2 heteroatoms. The van der Waals surface area contributed by atoms with E-state index in [4.69, 9.17) is 5.73 Å². The number of nitrogens with two attached hydrogens (primary N) is 1. The Morgan fingerprint density at radius 3 is 1.32 bits per heavy atom. The third-order valence-corrected chi connectivity index (χ3v) is 6.57. The average Bonchev–Trinajstić information content (AvgIpc) is 2.91. The van der Waals surface area contributed by atoms with Gasteiger partial charge in [0, 0.05) is 6.04 Å². The van der Waals surface area contributed by atoms with Crippen LogP contribution < -0.4 is 5.73 Å². The average molecular weight is 449 g/mol. The van der Waals surface area contributed by atoms with Crippen molar-refractivity contribution in [2.45, 2.75) is 37.8 Å². The van der Waals surface area contributed by atoms with Gasteiger partial charge in [-0.2, -0.15) is 0 Å². The van der Waals surface area contributed by atoms with Crippen LogP contribution in [0.3, 0.4) is 0 Å². The fourth-order valence-electron chi connectivity index (χ4n) is 4.80. The lowest BCUT2D eigenvalue weighted by atomic mass is 9.92. The Morgan fingerprint density at radius 1 is 0.500 bits per heavy atom. The zero-order valence-corrected chi connectivity index (χ0v) is 20.0. The van der Waals surface area contributed by atoms with Gasteiger partial charge in [0.05, 0.1) is 6.04 Å². The Kier molecular flexibility index (Phi) is 9.07. The predicted octanol–water partition coefficient (Wildman–Crippen LogP) is 7.00. The van der Waals surface area contributed by atoms with E-state index in [2.05, 4.69) is 126 Å². The van der Waals surface area contributed by atoms with Gasteiger partial charge in [-0.15, -0.1) is 0 Å². The van der Waals surface area contributed by atoms with Gasteiger partial charge >= 0.3 is 0 Å². The van der Waals surface area contributed by atoms with Crippen LogP contribution in [0.1, 0.15) is 47.2 Å². The second-order valence-electron chi connectivity index (χ2n) is 9.01. The van der Waals surface area contributed by atoms with Gasteiger partial charge in [-0.3, -0.25) is 4.90 Å². The van der Waals surface area contributed by atoms with Gasteiger partial charge < -0.3 is 5.73 Å². The lowest BCUT2D eigenvalue weighted by molar-refractivity contribution is 0.167. The van der Waals surface area contributed by atoms with Crippen molar-refractivity contribution in [1.82, 2.24) is 4.90 Å². The summed E-state index contributed by atoms with van der Waals surface area (Å²) >= 11 is 0. The second-order valence-corrected chi connectivity index (χ2v) is 9.01. The van der Waals surface area contributed by atoms with Gasteiger partial charge in [-0.05, 0) is 61.0 Å². The van der Waals surface area contributed by atoms with Gasteiger partial charge in [0.25, 0.3) is 0 Å². The molecule has 0 saturated heterocycles. The van der Waals surface area contributed by atoms with Crippen molar-refractivity contribution in [1.29, 1.82) is 0 Å². The largest absolute Gasteiger partial charge is 0.322 e. The summed E-state index contributed by atoms with van der Waals surface area (Å²) in [7, 11) is 0. The molecule has 0 bridgehead atoms. The molecule has 0 heterocycles. The normalized spacial score (nSPS) is 13.0. The maximum Gasteiger partial charge on any atom is 0.0541 e. The minimum absolute atomic E-state index is 0.0861. The number of hydrogen-bond acceptors (Lipinski definition) is 2. The highest BCUT2D eigenvalue weighted by Crippen LogP contribution is 2.33. The van der Waals surface area contributed by atoms with Crippen LogP contribution in [0.4, 0.5) is 0 Å². The molecule has 0 aliphatic carbocycles. The van der Waals surface area contributed by atoms with Crippen molar-refractivity contribution in [3.8, 4) is 0 Å². The van der Waals surface area contributed by atoms with Gasteiger partial charge in [-0.25, -0.2) is 0 Å². The van der Waals surface area contributed by atoms with Gasteiger partial charge in [0.1, 0.15) is 0 Å². The first-order valence-electron chi connectivity index (χ1n) is 12.5. The molecule has 0 aliphatic heterocycles. The highest BCUT2D eigenvalue weighted by molar-refractivity contribution is 5.27. The molecule has 4 aromatic rings. The predicted molar refractivity (Wildman–Crippen MR) is 144 cm³/mol. The Bertz CT molecular complexity index is 1020. The summed E-state index contributed by atoms with van der Waals surface area (Å²) in [6, 6.07) is 43.0. The fraction of sp³-hybridized carbons (Fsp3) is 0.250. The smallest absolute Gasteiger partial charge is 0.0541 e. The Labute approximate surface area is 205 Å². The molecule has 0 amide bonds. The first-order valence-corrected chi connectivity index (χ1v) is 12.5. The topological polar surface area (TPSA) is 29.3 Å². The molecular weight excluding hydrogens is 412 g/mol.